The van der Waals surface area contributed by atoms with Gasteiger partial charge in [0.1, 0.15) is 18.3 Å². The fourth-order valence-corrected chi connectivity index (χ4v) is 4.76. The predicted octanol–water partition coefficient (Wildman–Crippen LogP) is 4.01. The molecule has 0 amide bonds. The molecule has 3 aliphatic rings. The lowest BCUT2D eigenvalue weighted by atomic mass is 9.88. The van der Waals surface area contributed by atoms with Crippen LogP contribution in [-0.4, -0.2) is 73.2 Å². The van der Waals surface area contributed by atoms with Gasteiger partial charge < -0.3 is 28.4 Å². The molecule has 0 N–H and O–H groups in total. The van der Waals surface area contributed by atoms with E-state index in [0.717, 1.165) is 0 Å². The third kappa shape index (κ3) is 6.48. The van der Waals surface area contributed by atoms with E-state index in [9.17, 15) is 19.2 Å². The Morgan fingerprint density at radius 1 is 0.675 bits per heavy atom. The van der Waals surface area contributed by atoms with Crippen molar-refractivity contribution in [1.29, 1.82) is 0 Å². The van der Waals surface area contributed by atoms with Crippen LogP contribution in [0.15, 0.2) is 0 Å². The van der Waals surface area contributed by atoms with Gasteiger partial charge in [-0.1, -0.05) is 0 Å². The van der Waals surface area contributed by atoms with Crippen molar-refractivity contribution in [2.45, 2.75) is 126 Å². The Bertz CT molecular complexity index is 993. The summed E-state index contributed by atoms with van der Waals surface area (Å²) in [6.45, 7) is 20.8. The first-order valence-electron chi connectivity index (χ1n) is 14.1. The summed E-state index contributed by atoms with van der Waals surface area (Å²) in [7, 11) is 0. The Morgan fingerprint density at radius 2 is 1.12 bits per heavy atom. The molecule has 0 aromatic carbocycles. The van der Waals surface area contributed by atoms with Crippen molar-refractivity contribution in [1.82, 2.24) is 0 Å². The van der Waals surface area contributed by atoms with Crippen LogP contribution in [0.25, 0.3) is 0 Å². The van der Waals surface area contributed by atoms with Crippen LogP contribution >= 0.6 is 0 Å². The molecule has 0 aromatic rings. The van der Waals surface area contributed by atoms with Crippen LogP contribution in [-0.2, 0) is 47.6 Å². The van der Waals surface area contributed by atoms with Crippen LogP contribution in [0.1, 0.15) is 89.5 Å². The summed E-state index contributed by atoms with van der Waals surface area (Å²) in [4.78, 5) is 52.5. The molecule has 3 fully saturated rings. The Hall–Kier alpha value is -2.20. The van der Waals surface area contributed by atoms with Crippen molar-refractivity contribution < 1.29 is 47.6 Å². The van der Waals surface area contributed by atoms with Crippen LogP contribution < -0.4 is 0 Å². The molecule has 0 radical (unpaired) electrons. The number of carbonyl (C=O) groups excluding carboxylic acids is 4. The van der Waals surface area contributed by atoms with Crippen molar-refractivity contribution in [3.63, 3.8) is 0 Å². The zero-order chi connectivity index (χ0) is 30.6. The third-order valence-electron chi connectivity index (χ3n) is 7.34. The van der Waals surface area contributed by atoms with Crippen LogP contribution in [0.5, 0.6) is 0 Å². The van der Waals surface area contributed by atoms with Gasteiger partial charge >= 0.3 is 23.9 Å². The summed E-state index contributed by atoms with van der Waals surface area (Å²) in [5.41, 5.74) is -4.62. The minimum absolute atomic E-state index is 0.138. The molecule has 10 nitrogen and oxygen atoms in total. The van der Waals surface area contributed by atoms with Gasteiger partial charge in [-0.25, -0.2) is 0 Å². The number of hydrogen-bond acceptors (Lipinski definition) is 10. The summed E-state index contributed by atoms with van der Waals surface area (Å²) in [6.07, 6.45) is -4.35. The number of fused-ring (bicyclic) bond motifs is 3. The lowest BCUT2D eigenvalue weighted by Gasteiger charge is -2.47. The molecular weight excluding hydrogens is 520 g/mol. The van der Waals surface area contributed by atoms with Crippen molar-refractivity contribution >= 4 is 23.9 Å². The standard InChI is InChI=1S/C30H48O10/c1-26(2,3)22(31)36-15-17-18(37-23(32)27(4,5)6)19(38-24(33)28(7,8)9)21(39-25(34)29(10,11)12)30(40-17)16-13-14-35-20(16)30/h16-21H,13-15H2,1-12H3/t16-,17-,18-,19+,20+,21-,30-/m1/s1. The first-order chi connectivity index (χ1) is 18.0. The average Bonchev–Trinajstić information content (AvgIpc) is 3.11. The Labute approximate surface area is 238 Å². The normalized spacial score (nSPS) is 32.2. The molecule has 1 saturated carbocycles. The van der Waals surface area contributed by atoms with Crippen molar-refractivity contribution in [3.05, 3.63) is 0 Å². The van der Waals surface area contributed by atoms with Crippen molar-refractivity contribution in [2.24, 2.45) is 27.6 Å². The molecule has 0 bridgehead atoms. The largest absolute Gasteiger partial charge is 0.462 e. The van der Waals surface area contributed by atoms with Gasteiger partial charge in [-0.15, -0.1) is 0 Å². The van der Waals surface area contributed by atoms with Gasteiger partial charge in [-0.05, 0) is 89.5 Å². The van der Waals surface area contributed by atoms with Gasteiger partial charge in [0.05, 0.1) is 27.8 Å². The molecule has 7 atom stereocenters. The SMILES string of the molecule is CC(C)(C)C(=O)OC[C@H]1O[C@@]2([C@@H]3CCO[C@@H]32)[C@H](OC(=O)C(C)(C)C)[C@@H](OC(=O)C(C)(C)C)[C@@H]1OC(=O)C(C)(C)C. The van der Waals surface area contributed by atoms with Gasteiger partial charge in [0.2, 0.25) is 0 Å². The summed E-state index contributed by atoms with van der Waals surface area (Å²) < 4.78 is 36.4. The number of esters is 4. The first-order valence-corrected chi connectivity index (χ1v) is 14.1. The molecule has 2 saturated heterocycles. The minimum atomic E-state index is -1.23. The van der Waals surface area contributed by atoms with Crippen LogP contribution in [0.2, 0.25) is 0 Å². The highest BCUT2D eigenvalue weighted by atomic mass is 16.7. The lowest BCUT2D eigenvalue weighted by Crippen LogP contribution is -2.66. The maximum atomic E-state index is 13.3. The van der Waals surface area contributed by atoms with E-state index >= 15 is 0 Å². The van der Waals surface area contributed by atoms with E-state index < -0.39 is 81.7 Å². The molecule has 1 aliphatic carbocycles. The van der Waals surface area contributed by atoms with E-state index in [-0.39, 0.29) is 12.5 Å². The topological polar surface area (TPSA) is 124 Å². The van der Waals surface area contributed by atoms with Gasteiger partial charge in [0.15, 0.2) is 18.3 Å². The molecule has 228 valence electrons. The monoisotopic (exact) mass is 568 g/mol. The maximum absolute atomic E-state index is 13.3. The van der Waals surface area contributed by atoms with E-state index in [0.29, 0.717) is 13.0 Å². The van der Waals surface area contributed by atoms with Gasteiger partial charge in [-0.2, -0.15) is 0 Å². The van der Waals surface area contributed by atoms with Crippen molar-refractivity contribution in [3.8, 4) is 0 Å². The fourth-order valence-electron chi connectivity index (χ4n) is 4.76. The quantitative estimate of drug-likeness (QED) is 0.355. The molecule has 40 heavy (non-hydrogen) atoms. The summed E-state index contributed by atoms with van der Waals surface area (Å²) in [6, 6.07) is 0. The molecular formula is C30H48O10. The fraction of sp³-hybridized carbons (Fsp3) is 0.867. The van der Waals surface area contributed by atoms with E-state index in [4.69, 9.17) is 28.4 Å². The molecule has 0 unspecified atom stereocenters. The van der Waals surface area contributed by atoms with E-state index in [1.54, 1.807) is 83.1 Å². The highest BCUT2D eigenvalue weighted by Gasteiger charge is 2.80. The van der Waals surface area contributed by atoms with Gasteiger partial charge in [-0.3, -0.25) is 19.2 Å². The highest BCUT2D eigenvalue weighted by Crippen LogP contribution is 2.62. The number of hydrogen-bond donors (Lipinski definition) is 0. The maximum Gasteiger partial charge on any atom is 0.311 e. The van der Waals surface area contributed by atoms with Gasteiger partial charge in [0, 0.05) is 12.5 Å². The third-order valence-corrected chi connectivity index (χ3v) is 7.34. The summed E-state index contributed by atoms with van der Waals surface area (Å²) in [5, 5.41) is 0. The van der Waals surface area contributed by atoms with E-state index in [1.165, 1.54) is 0 Å². The van der Waals surface area contributed by atoms with E-state index in [2.05, 4.69) is 0 Å². The van der Waals surface area contributed by atoms with Gasteiger partial charge in [0.25, 0.3) is 0 Å². The average molecular weight is 569 g/mol. The second-order valence-electron chi connectivity index (χ2n) is 15.4. The highest BCUT2D eigenvalue weighted by molar-refractivity contribution is 5.78. The molecule has 1 spiro atoms. The zero-order valence-corrected chi connectivity index (χ0v) is 26.2. The van der Waals surface area contributed by atoms with Crippen molar-refractivity contribution in [2.75, 3.05) is 13.2 Å². The second kappa shape index (κ2) is 10.6. The van der Waals surface area contributed by atoms with Crippen LogP contribution in [0.4, 0.5) is 0 Å². The smallest absolute Gasteiger partial charge is 0.311 e. The van der Waals surface area contributed by atoms with Crippen LogP contribution in [0, 0.1) is 27.6 Å². The predicted molar refractivity (Wildman–Crippen MR) is 144 cm³/mol. The first kappa shape index (κ1) is 32.3. The Balaban J connectivity index is 2.11. The number of carbonyl (C=O) groups is 4. The summed E-state index contributed by atoms with van der Waals surface area (Å²) >= 11 is 0. The number of rotatable bonds is 5. The Morgan fingerprint density at radius 3 is 1.55 bits per heavy atom. The molecule has 2 aliphatic heterocycles. The second-order valence-corrected chi connectivity index (χ2v) is 15.4. The Kier molecular flexibility index (Phi) is 8.54. The minimum Gasteiger partial charge on any atom is -0.462 e. The zero-order valence-electron chi connectivity index (χ0n) is 26.2. The van der Waals surface area contributed by atoms with E-state index in [1.807, 2.05) is 0 Å². The number of ether oxygens (including phenoxy) is 6. The molecule has 3 rings (SSSR count). The molecule has 0 aromatic heterocycles. The molecule has 10 heteroatoms. The summed E-state index contributed by atoms with van der Waals surface area (Å²) in [5.74, 6) is -2.28. The van der Waals surface area contributed by atoms with Crippen LogP contribution in [0.3, 0.4) is 0 Å². The molecule has 2 heterocycles. The lowest BCUT2D eigenvalue weighted by molar-refractivity contribution is -0.278.